The van der Waals surface area contributed by atoms with Crippen LogP contribution in [0, 0.1) is 11.8 Å². The summed E-state index contributed by atoms with van der Waals surface area (Å²) in [6.45, 7) is 4.86. The van der Waals surface area contributed by atoms with Crippen molar-refractivity contribution in [1.82, 2.24) is 15.2 Å². The summed E-state index contributed by atoms with van der Waals surface area (Å²) in [6, 6.07) is 17.6. The van der Waals surface area contributed by atoms with Crippen LogP contribution in [-0.4, -0.2) is 59.1 Å². The number of phenols is 1. The highest BCUT2D eigenvalue weighted by atomic mass is 16.5. The zero-order valence-corrected chi connectivity index (χ0v) is 23.2. The third kappa shape index (κ3) is 5.27. The largest absolute Gasteiger partial charge is 0.508 e. The van der Waals surface area contributed by atoms with Gasteiger partial charge in [0.25, 0.3) is 5.91 Å². The SMILES string of the molecule is CCOC(=O)/C=C1\[C@@H]2CCC[C@@]1(c1cccc(O)c1)CCN2C[C@H]1C[C@@H]1CCNC(=O)c1cc2ccccc2[nH]1. The van der Waals surface area contributed by atoms with Crippen LogP contribution in [0.1, 0.15) is 61.5 Å². The number of ether oxygens (including phenoxy) is 1. The standard InChI is InChI=1S/C33H39N3O4/c1-2-40-31(38)20-27-30-11-6-13-33(27,25-8-5-9-26(37)19-25)14-16-36(30)21-24-17-22(24)12-15-34-32(39)29-18-23-7-3-4-10-28(23)35-29/h3-5,7-10,18-20,22,24,30,35,37H,2,6,11-17,21H2,1H3,(H,34,39)/b27-20+/t22-,24+,30-,33-/m0/s1. The van der Waals surface area contributed by atoms with Gasteiger partial charge in [-0.2, -0.15) is 0 Å². The van der Waals surface area contributed by atoms with Crippen molar-refractivity contribution in [3.05, 3.63) is 77.5 Å². The molecule has 1 amide bonds. The monoisotopic (exact) mass is 541 g/mol. The van der Waals surface area contributed by atoms with E-state index in [1.54, 1.807) is 12.1 Å². The number of H-pyrrole nitrogens is 1. The highest BCUT2D eigenvalue weighted by Gasteiger charge is 2.50. The van der Waals surface area contributed by atoms with Gasteiger partial charge in [-0.05, 0) is 92.8 Å². The van der Waals surface area contributed by atoms with E-state index in [1.807, 2.05) is 49.4 Å². The van der Waals surface area contributed by atoms with Crippen LogP contribution < -0.4 is 5.32 Å². The normalized spacial score (nSPS) is 27.0. The molecule has 2 saturated carbocycles. The molecular formula is C33H39N3O4. The van der Waals surface area contributed by atoms with E-state index in [0.717, 1.165) is 67.2 Å². The van der Waals surface area contributed by atoms with Crippen molar-refractivity contribution in [3.8, 4) is 5.75 Å². The number of fused-ring (bicyclic) bond motifs is 3. The number of piperidine rings is 1. The van der Waals surface area contributed by atoms with E-state index < -0.39 is 0 Å². The number of hydrogen-bond donors (Lipinski definition) is 3. The van der Waals surface area contributed by atoms with Gasteiger partial charge in [0.1, 0.15) is 11.4 Å². The molecule has 2 aliphatic carbocycles. The lowest BCUT2D eigenvalue weighted by Gasteiger charge is -2.53. The number of aromatic amines is 1. The highest BCUT2D eigenvalue weighted by molar-refractivity contribution is 5.97. The zero-order chi connectivity index (χ0) is 27.7. The van der Waals surface area contributed by atoms with Crippen molar-refractivity contribution < 1.29 is 19.4 Å². The van der Waals surface area contributed by atoms with Gasteiger partial charge in [0, 0.05) is 41.5 Å². The lowest BCUT2D eigenvalue weighted by Crippen LogP contribution is -2.54. The minimum Gasteiger partial charge on any atom is -0.508 e. The maximum Gasteiger partial charge on any atom is 0.330 e. The van der Waals surface area contributed by atoms with Crippen molar-refractivity contribution in [1.29, 1.82) is 0 Å². The number of likely N-dealkylation sites (tertiary alicyclic amines) is 1. The molecule has 3 aromatic rings. The van der Waals surface area contributed by atoms with Crippen molar-refractivity contribution in [2.24, 2.45) is 11.8 Å². The van der Waals surface area contributed by atoms with Gasteiger partial charge >= 0.3 is 5.97 Å². The number of benzene rings is 2. The summed E-state index contributed by atoms with van der Waals surface area (Å²) >= 11 is 0. The predicted molar refractivity (Wildman–Crippen MR) is 155 cm³/mol. The van der Waals surface area contributed by atoms with Crippen molar-refractivity contribution in [2.75, 3.05) is 26.2 Å². The van der Waals surface area contributed by atoms with Crippen LogP contribution in [-0.2, 0) is 14.9 Å². The highest BCUT2D eigenvalue weighted by Crippen LogP contribution is 2.52. The number of nitrogens with zero attached hydrogens (tertiary/aromatic N) is 1. The number of phenolic OH excluding ortho intramolecular Hbond substituents is 1. The molecule has 210 valence electrons. The average molecular weight is 542 g/mol. The molecule has 6 rings (SSSR count). The third-order valence-electron chi connectivity index (χ3n) is 9.33. The molecule has 2 aromatic carbocycles. The second-order valence-electron chi connectivity index (χ2n) is 11.7. The number of nitrogens with one attached hydrogen (secondary N) is 2. The van der Waals surface area contributed by atoms with E-state index in [-0.39, 0.29) is 29.1 Å². The lowest BCUT2D eigenvalue weighted by atomic mass is 9.60. The van der Waals surface area contributed by atoms with Gasteiger partial charge in [-0.3, -0.25) is 9.69 Å². The van der Waals surface area contributed by atoms with E-state index >= 15 is 0 Å². The Morgan fingerprint density at radius 1 is 1.15 bits per heavy atom. The van der Waals surface area contributed by atoms with Crippen LogP contribution >= 0.6 is 0 Å². The maximum absolute atomic E-state index is 12.7. The number of hydrogen-bond acceptors (Lipinski definition) is 5. The fourth-order valence-electron chi connectivity index (χ4n) is 7.23. The van der Waals surface area contributed by atoms with E-state index in [0.29, 0.717) is 30.7 Å². The third-order valence-corrected chi connectivity index (χ3v) is 9.33. The number of esters is 1. The molecule has 0 unspecified atom stereocenters. The second kappa shape index (κ2) is 11.1. The number of rotatable bonds is 9. The molecule has 0 spiro atoms. The Labute approximate surface area is 235 Å². The molecular weight excluding hydrogens is 502 g/mol. The lowest BCUT2D eigenvalue weighted by molar-refractivity contribution is -0.137. The molecule has 1 aliphatic heterocycles. The number of carbonyl (C=O) groups is 2. The Balaban J connectivity index is 1.09. The van der Waals surface area contributed by atoms with Gasteiger partial charge in [-0.1, -0.05) is 36.8 Å². The molecule has 7 heteroatoms. The first-order valence-corrected chi connectivity index (χ1v) is 14.7. The number of carbonyl (C=O) groups excluding carboxylic acids is 2. The van der Waals surface area contributed by atoms with Gasteiger partial charge < -0.3 is 20.1 Å². The Bertz CT molecular complexity index is 1390. The molecule has 3 aliphatic rings. The van der Waals surface area contributed by atoms with E-state index in [4.69, 9.17) is 4.74 Å². The van der Waals surface area contributed by atoms with Crippen LogP contribution in [0.5, 0.6) is 5.75 Å². The molecule has 1 saturated heterocycles. The van der Waals surface area contributed by atoms with Crippen molar-refractivity contribution in [2.45, 2.75) is 56.9 Å². The Morgan fingerprint density at radius 3 is 2.85 bits per heavy atom. The smallest absolute Gasteiger partial charge is 0.330 e. The molecule has 1 aromatic heterocycles. The number of aromatic hydroxyl groups is 1. The molecule has 0 radical (unpaired) electrons. The van der Waals surface area contributed by atoms with Gasteiger partial charge in [0.15, 0.2) is 0 Å². The number of para-hydroxylation sites is 1. The summed E-state index contributed by atoms with van der Waals surface area (Å²) < 4.78 is 5.35. The second-order valence-corrected chi connectivity index (χ2v) is 11.7. The first kappa shape index (κ1) is 26.6. The first-order chi connectivity index (χ1) is 19.5. The molecule has 2 heterocycles. The van der Waals surface area contributed by atoms with Crippen LogP contribution in [0.25, 0.3) is 10.9 Å². The Morgan fingerprint density at radius 2 is 2.02 bits per heavy atom. The number of amides is 1. The van der Waals surface area contributed by atoms with E-state index in [2.05, 4.69) is 21.3 Å². The van der Waals surface area contributed by atoms with Gasteiger partial charge in [0.2, 0.25) is 0 Å². The minimum atomic E-state index is -0.272. The van der Waals surface area contributed by atoms with E-state index in [9.17, 15) is 14.7 Å². The van der Waals surface area contributed by atoms with Crippen LogP contribution in [0.15, 0.2) is 66.2 Å². The van der Waals surface area contributed by atoms with Gasteiger partial charge in [0.05, 0.1) is 6.61 Å². The summed E-state index contributed by atoms with van der Waals surface area (Å²) in [5.41, 5.74) is 3.60. The summed E-state index contributed by atoms with van der Waals surface area (Å²) in [5, 5.41) is 14.4. The fraction of sp³-hybridized carbons (Fsp3) is 0.455. The summed E-state index contributed by atoms with van der Waals surface area (Å²) in [4.78, 5) is 31.1. The zero-order valence-electron chi connectivity index (χ0n) is 23.2. The number of aromatic nitrogens is 1. The first-order valence-electron chi connectivity index (χ1n) is 14.7. The average Bonchev–Trinajstić information content (AvgIpc) is 3.52. The van der Waals surface area contributed by atoms with Gasteiger partial charge in [-0.25, -0.2) is 4.79 Å². The van der Waals surface area contributed by atoms with Crippen LogP contribution in [0.3, 0.4) is 0 Å². The van der Waals surface area contributed by atoms with Gasteiger partial charge in [-0.15, -0.1) is 0 Å². The summed E-state index contributed by atoms with van der Waals surface area (Å²) in [7, 11) is 0. The van der Waals surface area contributed by atoms with Crippen LogP contribution in [0.2, 0.25) is 0 Å². The molecule has 7 nitrogen and oxygen atoms in total. The van der Waals surface area contributed by atoms with Crippen LogP contribution in [0.4, 0.5) is 0 Å². The van der Waals surface area contributed by atoms with Crippen molar-refractivity contribution in [3.63, 3.8) is 0 Å². The molecule has 3 fully saturated rings. The fourth-order valence-corrected chi connectivity index (χ4v) is 7.23. The summed E-state index contributed by atoms with van der Waals surface area (Å²) in [5.74, 6) is 1.17. The Kier molecular flexibility index (Phi) is 7.41. The topological polar surface area (TPSA) is 94.7 Å². The Hall–Kier alpha value is -3.58. The van der Waals surface area contributed by atoms with Crippen molar-refractivity contribution >= 4 is 22.8 Å². The maximum atomic E-state index is 12.7. The minimum absolute atomic E-state index is 0.0522. The molecule has 2 bridgehead atoms. The summed E-state index contributed by atoms with van der Waals surface area (Å²) in [6.07, 6.45) is 7.94. The molecule has 4 atom stereocenters. The molecule has 3 N–H and O–H groups in total. The van der Waals surface area contributed by atoms with E-state index in [1.165, 1.54) is 6.42 Å². The predicted octanol–water partition coefficient (Wildman–Crippen LogP) is 5.32. The quantitative estimate of drug-likeness (QED) is 0.252. The molecule has 40 heavy (non-hydrogen) atoms.